The molecule has 0 radical (unpaired) electrons. The zero-order chi connectivity index (χ0) is 12.8. The van der Waals surface area contributed by atoms with Crippen LogP contribution >= 0.6 is 12.2 Å². The molecule has 0 bridgehead atoms. The van der Waals surface area contributed by atoms with Crippen LogP contribution in [0.4, 0.5) is 0 Å². The molecular formula is C15H14NS2Zn+. The summed E-state index contributed by atoms with van der Waals surface area (Å²) in [7, 11) is 0. The molecule has 0 aliphatic carbocycles. The molecule has 0 aliphatic rings. The van der Waals surface area contributed by atoms with Crippen LogP contribution in [0.2, 0.25) is 0 Å². The number of nitrogens with zero attached hydrogens (tertiary/aromatic N) is 1. The molecule has 0 atom stereocenters. The summed E-state index contributed by atoms with van der Waals surface area (Å²) >= 11 is 10.3. The van der Waals surface area contributed by atoms with Crippen molar-refractivity contribution in [1.82, 2.24) is 4.90 Å². The number of hydrogen-bond donors (Lipinski definition) is 0. The van der Waals surface area contributed by atoms with E-state index in [1.807, 2.05) is 41.3 Å². The van der Waals surface area contributed by atoms with E-state index in [4.69, 9.17) is 24.8 Å². The van der Waals surface area contributed by atoms with Crippen LogP contribution in [0.3, 0.4) is 0 Å². The van der Waals surface area contributed by atoms with E-state index in [1.54, 1.807) is 0 Å². The second-order valence-electron chi connectivity index (χ2n) is 4.09. The summed E-state index contributed by atoms with van der Waals surface area (Å²) in [5.74, 6) is 0. The van der Waals surface area contributed by atoms with Crippen molar-refractivity contribution >= 4 is 29.2 Å². The quantitative estimate of drug-likeness (QED) is 0.477. The van der Waals surface area contributed by atoms with Gasteiger partial charge in [-0.1, -0.05) is 65.0 Å². The molecule has 2 aromatic rings. The number of rotatable bonds is 4. The van der Waals surface area contributed by atoms with Crippen molar-refractivity contribution in [2.45, 2.75) is 13.1 Å². The van der Waals surface area contributed by atoms with Gasteiger partial charge in [-0.2, -0.15) is 0 Å². The second-order valence-corrected chi connectivity index (χ2v) is 5.12. The normalized spacial score (nSPS) is 9.47. The van der Waals surface area contributed by atoms with Crippen LogP contribution in [0.5, 0.6) is 0 Å². The van der Waals surface area contributed by atoms with Gasteiger partial charge >= 0.3 is 19.5 Å². The van der Waals surface area contributed by atoms with E-state index in [9.17, 15) is 0 Å². The first kappa shape index (κ1) is 16.2. The van der Waals surface area contributed by atoms with Gasteiger partial charge in [-0.05, 0) is 11.1 Å². The molecule has 92 valence electrons. The molecule has 0 unspecified atom stereocenters. The van der Waals surface area contributed by atoms with E-state index in [0.29, 0.717) is 4.32 Å². The number of hydrogen-bond acceptors (Lipinski definition) is 2. The molecule has 0 N–H and O–H groups in total. The molecule has 2 aromatic carbocycles. The smallest absolute Gasteiger partial charge is 0.411 e. The molecule has 0 aromatic heterocycles. The number of benzene rings is 2. The average Bonchev–Trinajstić information content (AvgIpc) is 2.40. The van der Waals surface area contributed by atoms with Gasteiger partial charge in [0.2, 0.25) is 0 Å². The standard InChI is InChI=1S/C15H15NS2.Zn/c17-15(18)16(11-13-7-3-1-4-8-13)12-14-9-5-2-6-10-14;/h1-10H,11-12H2,(H,17,18);/q;+2/p-1. The minimum atomic E-state index is 0. The molecule has 0 heterocycles. The van der Waals surface area contributed by atoms with Crippen molar-refractivity contribution in [2.24, 2.45) is 0 Å². The molecule has 0 aliphatic heterocycles. The molecule has 1 nitrogen and oxygen atoms in total. The molecule has 0 amide bonds. The summed E-state index contributed by atoms with van der Waals surface area (Å²) < 4.78 is 0.516. The fraction of sp³-hybridized carbons (Fsp3) is 0.133. The molecule has 19 heavy (non-hydrogen) atoms. The topological polar surface area (TPSA) is 3.24 Å². The van der Waals surface area contributed by atoms with E-state index in [-0.39, 0.29) is 19.5 Å². The van der Waals surface area contributed by atoms with E-state index >= 15 is 0 Å². The van der Waals surface area contributed by atoms with Crippen molar-refractivity contribution in [2.75, 3.05) is 0 Å². The van der Waals surface area contributed by atoms with Gasteiger partial charge in [0.05, 0.1) is 0 Å². The first-order valence-electron chi connectivity index (χ1n) is 5.79. The van der Waals surface area contributed by atoms with Crippen molar-refractivity contribution in [3.63, 3.8) is 0 Å². The predicted octanol–water partition coefficient (Wildman–Crippen LogP) is 3.52. The van der Waals surface area contributed by atoms with Crippen LogP contribution in [0.1, 0.15) is 11.1 Å². The zero-order valence-corrected chi connectivity index (χ0v) is 15.3. The number of thiocarbonyl (C=S) groups is 1. The molecule has 0 saturated heterocycles. The fourth-order valence-electron chi connectivity index (χ4n) is 1.79. The Bertz CT molecular complexity index is 461. The maximum Gasteiger partial charge on any atom is 2.00 e. The SMILES string of the molecule is S=C([S-])N(Cc1ccccc1)Cc1ccccc1.[Zn+2]. The Labute approximate surface area is 138 Å². The van der Waals surface area contributed by atoms with Crippen LogP contribution < -0.4 is 0 Å². The summed E-state index contributed by atoms with van der Waals surface area (Å²) in [5.41, 5.74) is 2.45. The van der Waals surface area contributed by atoms with Crippen molar-refractivity contribution in [1.29, 1.82) is 0 Å². The average molecular weight is 338 g/mol. The Morgan fingerprint density at radius 1 is 0.842 bits per heavy atom. The Morgan fingerprint density at radius 3 is 1.53 bits per heavy atom. The van der Waals surface area contributed by atoms with Gasteiger partial charge in [-0.15, -0.1) is 0 Å². The summed E-state index contributed by atoms with van der Waals surface area (Å²) in [6.45, 7) is 1.52. The van der Waals surface area contributed by atoms with E-state index < -0.39 is 0 Å². The van der Waals surface area contributed by atoms with Crippen LogP contribution in [0.15, 0.2) is 60.7 Å². The predicted molar refractivity (Wildman–Crippen MR) is 82.1 cm³/mol. The largest absolute Gasteiger partial charge is 2.00 e. The maximum absolute atomic E-state index is 5.16. The van der Waals surface area contributed by atoms with Gasteiger partial charge in [0.25, 0.3) is 0 Å². The summed E-state index contributed by atoms with van der Waals surface area (Å²) in [6.07, 6.45) is 0. The molecule has 4 heteroatoms. The Kier molecular flexibility index (Phi) is 7.14. The molecule has 0 spiro atoms. The van der Waals surface area contributed by atoms with E-state index in [1.165, 1.54) is 11.1 Å². The van der Waals surface area contributed by atoms with Crippen LogP contribution in [-0.2, 0) is 45.2 Å². The van der Waals surface area contributed by atoms with Gasteiger partial charge < -0.3 is 29.7 Å². The zero-order valence-electron chi connectivity index (χ0n) is 10.7. The van der Waals surface area contributed by atoms with Crippen molar-refractivity contribution < 1.29 is 19.5 Å². The fourth-order valence-corrected chi connectivity index (χ4v) is 2.05. The van der Waals surface area contributed by atoms with Crippen LogP contribution in [0.25, 0.3) is 0 Å². The van der Waals surface area contributed by atoms with Crippen LogP contribution in [0, 0.1) is 0 Å². The van der Waals surface area contributed by atoms with Crippen molar-refractivity contribution in [3.05, 3.63) is 71.8 Å². The minimum Gasteiger partial charge on any atom is -0.411 e. The molecule has 2 rings (SSSR count). The third kappa shape index (κ3) is 5.35. The van der Waals surface area contributed by atoms with Gasteiger partial charge in [0, 0.05) is 13.1 Å². The van der Waals surface area contributed by atoms with Crippen LogP contribution in [-0.4, -0.2) is 9.22 Å². The summed E-state index contributed by atoms with van der Waals surface area (Å²) in [5, 5.41) is 0. The first-order valence-corrected chi connectivity index (χ1v) is 6.61. The maximum atomic E-state index is 5.16. The molecule has 0 fully saturated rings. The van der Waals surface area contributed by atoms with Gasteiger partial charge in [0.1, 0.15) is 0 Å². The molecular weight excluding hydrogens is 324 g/mol. The van der Waals surface area contributed by atoms with Gasteiger partial charge in [-0.3, -0.25) is 0 Å². The first-order chi connectivity index (χ1) is 8.75. The summed E-state index contributed by atoms with van der Waals surface area (Å²) in [4.78, 5) is 2.04. The summed E-state index contributed by atoms with van der Waals surface area (Å²) in [6, 6.07) is 20.5. The monoisotopic (exact) mass is 336 g/mol. The Balaban J connectivity index is 0.00000180. The van der Waals surface area contributed by atoms with E-state index in [2.05, 4.69) is 24.3 Å². The van der Waals surface area contributed by atoms with Gasteiger partial charge in [0.15, 0.2) is 0 Å². The van der Waals surface area contributed by atoms with Gasteiger partial charge in [-0.25, -0.2) is 0 Å². The second kappa shape index (κ2) is 8.37. The van der Waals surface area contributed by atoms with Crippen molar-refractivity contribution in [3.8, 4) is 0 Å². The minimum absolute atomic E-state index is 0. The molecule has 0 saturated carbocycles. The Morgan fingerprint density at radius 2 is 1.21 bits per heavy atom. The Hall–Kier alpha value is -0.827. The third-order valence-electron chi connectivity index (χ3n) is 2.69. The third-order valence-corrected chi connectivity index (χ3v) is 3.21. The van der Waals surface area contributed by atoms with E-state index in [0.717, 1.165) is 13.1 Å².